The fourth-order valence-electron chi connectivity index (χ4n) is 0.933. The molecule has 2 nitrogen and oxygen atoms in total. The number of aromatic amines is 1. The summed E-state index contributed by atoms with van der Waals surface area (Å²) in [5.41, 5.74) is 0.654. The Bertz CT molecular complexity index is 332. The van der Waals surface area contributed by atoms with Gasteiger partial charge in [0.1, 0.15) is 4.83 Å². The van der Waals surface area contributed by atoms with Crippen molar-refractivity contribution in [3.8, 4) is 0 Å². The van der Waals surface area contributed by atoms with Gasteiger partial charge in [0.25, 0.3) is 0 Å². The molecule has 0 saturated heterocycles. The first-order valence-electron chi connectivity index (χ1n) is 2.91. The number of thiophene rings is 1. The maximum absolute atomic E-state index is 10.2. The summed E-state index contributed by atoms with van der Waals surface area (Å²) in [7, 11) is 0. The third kappa shape index (κ3) is 0.675. The second-order valence-corrected chi connectivity index (χ2v) is 2.96. The van der Waals surface area contributed by atoms with E-state index >= 15 is 0 Å². The third-order valence-corrected chi connectivity index (χ3v) is 2.24. The lowest BCUT2D eigenvalue weighted by Crippen LogP contribution is -1.73. The van der Waals surface area contributed by atoms with Crippen molar-refractivity contribution < 1.29 is 4.79 Å². The lowest BCUT2D eigenvalue weighted by molar-refractivity contribution is 0.112. The van der Waals surface area contributed by atoms with Gasteiger partial charge in [0.2, 0.25) is 0 Å². The molecule has 0 spiro atoms. The molecule has 0 atom stereocenters. The summed E-state index contributed by atoms with van der Waals surface area (Å²) in [5.74, 6) is 0. The standard InChI is InChI=1S/C7H5NOS/c9-4-6-3-5-1-2-10-7(5)8-6/h1-4,8H. The van der Waals surface area contributed by atoms with E-state index in [-0.39, 0.29) is 0 Å². The normalized spacial score (nSPS) is 10.4. The number of nitrogens with one attached hydrogen (secondary N) is 1. The van der Waals surface area contributed by atoms with Crippen LogP contribution in [0.3, 0.4) is 0 Å². The minimum absolute atomic E-state index is 0.654. The van der Waals surface area contributed by atoms with Crippen LogP contribution in [0.5, 0.6) is 0 Å². The average Bonchev–Trinajstić information content (AvgIpc) is 2.42. The first-order valence-corrected chi connectivity index (χ1v) is 3.79. The quantitative estimate of drug-likeness (QED) is 0.621. The number of hydrogen-bond acceptors (Lipinski definition) is 2. The molecule has 0 unspecified atom stereocenters. The Hall–Kier alpha value is -1.09. The van der Waals surface area contributed by atoms with Crippen LogP contribution in [-0.2, 0) is 0 Å². The van der Waals surface area contributed by atoms with Gasteiger partial charge in [0, 0.05) is 5.39 Å². The highest BCUT2D eigenvalue weighted by molar-refractivity contribution is 7.16. The van der Waals surface area contributed by atoms with Crippen LogP contribution >= 0.6 is 11.3 Å². The van der Waals surface area contributed by atoms with E-state index in [0.717, 1.165) is 16.5 Å². The zero-order valence-electron chi connectivity index (χ0n) is 5.13. The SMILES string of the molecule is O=Cc1cc2ccsc2[nH]1. The van der Waals surface area contributed by atoms with E-state index in [1.165, 1.54) is 0 Å². The molecular weight excluding hydrogens is 146 g/mol. The van der Waals surface area contributed by atoms with Gasteiger partial charge in [0.15, 0.2) is 6.29 Å². The van der Waals surface area contributed by atoms with Crippen molar-refractivity contribution in [1.29, 1.82) is 0 Å². The summed E-state index contributed by atoms with van der Waals surface area (Å²) in [6.07, 6.45) is 0.826. The van der Waals surface area contributed by atoms with E-state index in [1.54, 1.807) is 11.3 Å². The number of carbonyl (C=O) groups excluding carboxylic acids is 1. The number of aldehydes is 1. The molecule has 10 heavy (non-hydrogen) atoms. The van der Waals surface area contributed by atoms with Crippen LogP contribution in [0.2, 0.25) is 0 Å². The molecule has 0 bridgehead atoms. The molecule has 3 heteroatoms. The number of H-pyrrole nitrogens is 1. The van der Waals surface area contributed by atoms with Crippen LogP contribution in [0.25, 0.3) is 10.2 Å². The Morgan fingerprint density at radius 1 is 1.60 bits per heavy atom. The van der Waals surface area contributed by atoms with Crippen molar-refractivity contribution >= 4 is 27.8 Å². The van der Waals surface area contributed by atoms with Crippen LogP contribution in [0, 0.1) is 0 Å². The number of fused-ring (bicyclic) bond motifs is 1. The molecule has 2 rings (SSSR count). The molecule has 0 aliphatic carbocycles. The molecule has 0 radical (unpaired) electrons. The van der Waals surface area contributed by atoms with Gasteiger partial charge in [-0.15, -0.1) is 11.3 Å². The number of carbonyl (C=O) groups is 1. The summed E-state index contributed by atoms with van der Waals surface area (Å²) in [4.78, 5) is 14.3. The van der Waals surface area contributed by atoms with Crippen molar-refractivity contribution in [3.05, 3.63) is 23.2 Å². The van der Waals surface area contributed by atoms with Crippen molar-refractivity contribution in [2.45, 2.75) is 0 Å². The van der Waals surface area contributed by atoms with Crippen molar-refractivity contribution in [3.63, 3.8) is 0 Å². The van der Waals surface area contributed by atoms with Crippen LogP contribution in [0.15, 0.2) is 17.5 Å². The highest BCUT2D eigenvalue weighted by Gasteiger charge is 1.98. The van der Waals surface area contributed by atoms with Crippen LogP contribution in [0.1, 0.15) is 10.5 Å². The summed E-state index contributed by atoms with van der Waals surface area (Å²) in [6, 6.07) is 3.84. The highest BCUT2D eigenvalue weighted by Crippen LogP contribution is 2.19. The predicted molar refractivity (Wildman–Crippen MR) is 41.6 cm³/mol. The highest BCUT2D eigenvalue weighted by atomic mass is 32.1. The first kappa shape index (κ1) is 5.68. The molecule has 0 fully saturated rings. The number of aromatic nitrogens is 1. The van der Waals surface area contributed by atoms with Crippen molar-refractivity contribution in [1.82, 2.24) is 4.98 Å². The van der Waals surface area contributed by atoms with Gasteiger partial charge in [-0.05, 0) is 17.5 Å². The van der Waals surface area contributed by atoms with E-state index < -0.39 is 0 Å². The maximum Gasteiger partial charge on any atom is 0.166 e. The molecule has 0 aliphatic heterocycles. The molecule has 50 valence electrons. The number of hydrogen-bond donors (Lipinski definition) is 1. The minimum atomic E-state index is 0.654. The van der Waals surface area contributed by atoms with Gasteiger partial charge in [0.05, 0.1) is 5.69 Å². The zero-order chi connectivity index (χ0) is 6.97. The fraction of sp³-hybridized carbons (Fsp3) is 0. The van der Waals surface area contributed by atoms with Gasteiger partial charge < -0.3 is 4.98 Å². The Morgan fingerprint density at radius 2 is 2.50 bits per heavy atom. The summed E-state index contributed by atoms with van der Waals surface area (Å²) in [5, 5.41) is 3.11. The summed E-state index contributed by atoms with van der Waals surface area (Å²) in [6.45, 7) is 0. The molecule has 2 aromatic heterocycles. The van der Waals surface area contributed by atoms with Crippen LogP contribution in [-0.4, -0.2) is 11.3 Å². The smallest absolute Gasteiger partial charge is 0.166 e. The second-order valence-electron chi connectivity index (χ2n) is 2.05. The molecule has 0 amide bonds. The Labute approximate surface area is 61.5 Å². The fourth-order valence-corrected chi connectivity index (χ4v) is 1.72. The van der Waals surface area contributed by atoms with Gasteiger partial charge in [-0.1, -0.05) is 0 Å². The zero-order valence-corrected chi connectivity index (χ0v) is 5.94. The van der Waals surface area contributed by atoms with E-state index in [2.05, 4.69) is 4.98 Å². The summed E-state index contributed by atoms with van der Waals surface area (Å²) >= 11 is 1.61. The maximum atomic E-state index is 10.2. The molecule has 0 aliphatic rings. The van der Waals surface area contributed by atoms with Crippen molar-refractivity contribution in [2.75, 3.05) is 0 Å². The minimum Gasteiger partial charge on any atom is -0.344 e. The van der Waals surface area contributed by atoms with Crippen LogP contribution in [0.4, 0.5) is 0 Å². The van der Waals surface area contributed by atoms with Gasteiger partial charge in [-0.3, -0.25) is 4.79 Å². The van der Waals surface area contributed by atoms with E-state index in [0.29, 0.717) is 5.69 Å². The van der Waals surface area contributed by atoms with E-state index in [4.69, 9.17) is 0 Å². The van der Waals surface area contributed by atoms with Gasteiger partial charge >= 0.3 is 0 Å². The Morgan fingerprint density at radius 3 is 3.20 bits per heavy atom. The Balaban J connectivity index is 2.78. The molecule has 0 aromatic carbocycles. The van der Waals surface area contributed by atoms with E-state index in [1.807, 2.05) is 17.5 Å². The predicted octanol–water partition coefficient (Wildman–Crippen LogP) is 2.04. The average molecular weight is 151 g/mol. The molecule has 2 heterocycles. The lowest BCUT2D eigenvalue weighted by Gasteiger charge is -1.73. The topological polar surface area (TPSA) is 32.9 Å². The first-order chi connectivity index (χ1) is 4.90. The monoisotopic (exact) mass is 151 g/mol. The van der Waals surface area contributed by atoms with Gasteiger partial charge in [-0.2, -0.15) is 0 Å². The largest absolute Gasteiger partial charge is 0.344 e. The number of rotatable bonds is 1. The van der Waals surface area contributed by atoms with E-state index in [9.17, 15) is 4.79 Å². The molecular formula is C7H5NOS. The third-order valence-electron chi connectivity index (χ3n) is 1.39. The van der Waals surface area contributed by atoms with Crippen LogP contribution < -0.4 is 0 Å². The second kappa shape index (κ2) is 1.95. The lowest BCUT2D eigenvalue weighted by atomic mass is 10.4. The Kier molecular flexibility index (Phi) is 1.11. The summed E-state index contributed by atoms with van der Waals surface area (Å²) < 4.78 is 0. The molecule has 2 aromatic rings. The van der Waals surface area contributed by atoms with Crippen molar-refractivity contribution in [2.24, 2.45) is 0 Å². The van der Waals surface area contributed by atoms with Gasteiger partial charge in [-0.25, -0.2) is 0 Å². The molecule has 1 N–H and O–H groups in total. The molecule has 0 saturated carbocycles.